The van der Waals surface area contributed by atoms with E-state index in [9.17, 15) is 31.7 Å². The first-order valence-electron chi connectivity index (χ1n) is 17.0. The van der Waals surface area contributed by atoms with Crippen LogP contribution in [0.3, 0.4) is 0 Å². The van der Waals surface area contributed by atoms with Gasteiger partial charge in [-0.25, -0.2) is 21.6 Å². The molecule has 1 aliphatic rings. The summed E-state index contributed by atoms with van der Waals surface area (Å²) in [6.07, 6.45) is 1.88. The number of hydrogen-bond donors (Lipinski definition) is 2. The Morgan fingerprint density at radius 1 is 0.887 bits per heavy atom. The monoisotopic (exact) mass is 780 g/mol. The van der Waals surface area contributed by atoms with Crippen LogP contribution >= 0.6 is 11.8 Å². The summed E-state index contributed by atoms with van der Waals surface area (Å²) < 4.78 is 52.1. The Bertz CT molecular complexity index is 2090. The van der Waals surface area contributed by atoms with Gasteiger partial charge in [0.2, 0.25) is 0 Å². The fourth-order valence-electron chi connectivity index (χ4n) is 5.82. The van der Waals surface area contributed by atoms with Crippen LogP contribution < -0.4 is 14.9 Å². The molecule has 0 aliphatic carbocycles. The first kappa shape index (κ1) is 39.7. The summed E-state index contributed by atoms with van der Waals surface area (Å²) in [6, 6.07) is 26.8. The lowest BCUT2D eigenvalue weighted by Crippen LogP contribution is -2.46. The van der Waals surface area contributed by atoms with Crippen LogP contribution in [0.1, 0.15) is 22.3 Å². The predicted octanol–water partition coefficient (Wildman–Crippen LogP) is 4.96. The van der Waals surface area contributed by atoms with Gasteiger partial charge in [-0.15, -0.1) is 11.8 Å². The van der Waals surface area contributed by atoms with Crippen LogP contribution in [0.5, 0.6) is 0 Å². The topological polar surface area (TPSA) is 162 Å². The number of rotatable bonds is 16. The second kappa shape index (κ2) is 17.6. The Morgan fingerprint density at radius 3 is 2.13 bits per heavy atom. The number of hydrogen-bond acceptors (Lipinski definition) is 12. The quantitative estimate of drug-likeness (QED) is 0.0895. The molecule has 1 amide bonds. The lowest BCUT2D eigenvalue weighted by atomic mass is 10.1. The lowest BCUT2D eigenvalue weighted by Gasteiger charge is -2.36. The Hall–Kier alpha value is -4.48. The average Bonchev–Trinajstić information content (AvgIpc) is 3.13. The second-order valence-electron chi connectivity index (χ2n) is 13.2. The van der Waals surface area contributed by atoms with Crippen molar-refractivity contribution in [3.05, 3.63) is 118 Å². The first-order valence-corrected chi connectivity index (χ1v) is 21.3. The molecule has 4 aromatic rings. The number of carbonyl (C=O) groups is 1. The number of sulfone groups is 1. The van der Waals surface area contributed by atoms with Crippen LogP contribution in [0, 0.1) is 10.1 Å². The molecule has 1 aliphatic heterocycles. The van der Waals surface area contributed by atoms with Gasteiger partial charge in [0.05, 0.1) is 14.7 Å². The largest absolute Gasteiger partial charge is 0.376 e. The van der Waals surface area contributed by atoms with E-state index in [-0.39, 0.29) is 17.3 Å². The van der Waals surface area contributed by atoms with Crippen LogP contribution in [0.15, 0.2) is 112 Å². The van der Waals surface area contributed by atoms with E-state index in [1.807, 2.05) is 61.5 Å². The van der Waals surface area contributed by atoms with E-state index in [4.69, 9.17) is 0 Å². The summed E-state index contributed by atoms with van der Waals surface area (Å²) >= 11 is 1.62. The van der Waals surface area contributed by atoms with E-state index in [0.29, 0.717) is 23.6 Å². The van der Waals surface area contributed by atoms with Crippen LogP contribution in [-0.4, -0.2) is 102 Å². The molecule has 4 aromatic carbocycles. The highest BCUT2D eigenvalue weighted by molar-refractivity contribution is 7.99. The highest BCUT2D eigenvalue weighted by Crippen LogP contribution is 2.30. The molecule has 1 fully saturated rings. The van der Waals surface area contributed by atoms with Crippen molar-refractivity contribution in [1.82, 2.24) is 14.5 Å². The Labute approximate surface area is 315 Å². The van der Waals surface area contributed by atoms with E-state index in [1.165, 1.54) is 18.4 Å². The number of benzene rings is 4. The van der Waals surface area contributed by atoms with Crippen molar-refractivity contribution in [3.63, 3.8) is 0 Å². The number of nitro benzene ring substituents is 1. The zero-order chi connectivity index (χ0) is 38.2. The SMILES string of the molecule is CN(C)CCC(CSc1ccccc1)Nc1ccc(S(=O)(=O)NC(=O)c2ccc(N3CCN(Cc4ccc(S(C)(=O)=O)cc4)CC3)cc2)cc1[N+](=O)[O-]. The zero-order valence-corrected chi connectivity index (χ0v) is 32.3. The molecule has 13 nitrogen and oxygen atoms in total. The summed E-state index contributed by atoms with van der Waals surface area (Å²) in [7, 11) is -3.78. The van der Waals surface area contributed by atoms with Crippen molar-refractivity contribution >= 4 is 54.6 Å². The third kappa shape index (κ3) is 11.3. The summed E-state index contributed by atoms with van der Waals surface area (Å²) in [5.74, 6) is -0.222. The molecule has 0 spiro atoms. The normalized spacial score (nSPS) is 14.5. The van der Waals surface area contributed by atoms with E-state index < -0.39 is 41.3 Å². The molecule has 0 aromatic heterocycles. The maximum absolute atomic E-state index is 13.3. The highest BCUT2D eigenvalue weighted by atomic mass is 32.2. The number of amides is 1. The minimum Gasteiger partial charge on any atom is -0.376 e. The summed E-state index contributed by atoms with van der Waals surface area (Å²) in [5.41, 5.74) is 1.81. The van der Waals surface area contributed by atoms with Crippen molar-refractivity contribution in [2.45, 2.75) is 33.7 Å². The minimum atomic E-state index is -4.44. The van der Waals surface area contributed by atoms with Crippen LogP contribution in [0.2, 0.25) is 0 Å². The van der Waals surface area contributed by atoms with Gasteiger partial charge in [0, 0.05) is 73.0 Å². The van der Waals surface area contributed by atoms with Crippen LogP contribution in [0.25, 0.3) is 0 Å². The lowest BCUT2D eigenvalue weighted by molar-refractivity contribution is -0.384. The molecule has 282 valence electrons. The smallest absolute Gasteiger partial charge is 0.293 e. The number of nitrogens with one attached hydrogen (secondary N) is 2. The van der Waals surface area contributed by atoms with Gasteiger partial charge in [0.15, 0.2) is 9.84 Å². The Kier molecular flexibility index (Phi) is 13.2. The number of sulfonamides is 1. The first-order chi connectivity index (χ1) is 25.2. The molecule has 1 heterocycles. The second-order valence-corrected chi connectivity index (χ2v) is 17.9. The molecule has 0 radical (unpaired) electrons. The molecule has 1 atom stereocenters. The Morgan fingerprint density at radius 2 is 1.53 bits per heavy atom. The summed E-state index contributed by atoms with van der Waals surface area (Å²) in [4.78, 5) is 32.0. The molecular weight excluding hydrogens is 737 g/mol. The zero-order valence-electron chi connectivity index (χ0n) is 29.8. The van der Waals surface area contributed by atoms with Gasteiger partial charge in [-0.2, -0.15) is 0 Å². The summed E-state index contributed by atoms with van der Waals surface area (Å²) in [5, 5.41) is 15.4. The van der Waals surface area contributed by atoms with Gasteiger partial charge in [-0.05, 0) is 93.3 Å². The number of nitro groups is 1. The van der Waals surface area contributed by atoms with Gasteiger partial charge >= 0.3 is 0 Å². The molecule has 5 rings (SSSR count). The van der Waals surface area contributed by atoms with E-state index in [0.717, 1.165) is 54.9 Å². The van der Waals surface area contributed by atoms with Gasteiger partial charge in [-0.1, -0.05) is 30.3 Å². The van der Waals surface area contributed by atoms with Gasteiger partial charge < -0.3 is 15.1 Å². The molecule has 2 N–H and O–H groups in total. The van der Waals surface area contributed by atoms with Crippen molar-refractivity contribution < 1.29 is 26.6 Å². The maximum atomic E-state index is 13.3. The minimum absolute atomic E-state index is 0.126. The number of carbonyl (C=O) groups excluding carboxylic acids is 1. The summed E-state index contributed by atoms with van der Waals surface area (Å²) in [6.45, 7) is 4.44. The number of piperazine rings is 1. The number of nitrogens with zero attached hydrogens (tertiary/aromatic N) is 4. The van der Waals surface area contributed by atoms with Crippen molar-refractivity contribution in [3.8, 4) is 0 Å². The highest BCUT2D eigenvalue weighted by Gasteiger charge is 2.26. The molecule has 16 heteroatoms. The third-order valence-electron chi connectivity index (χ3n) is 8.81. The molecule has 1 saturated heterocycles. The average molecular weight is 781 g/mol. The fourth-order valence-corrected chi connectivity index (χ4v) is 8.44. The van der Waals surface area contributed by atoms with Gasteiger partial charge in [0.25, 0.3) is 21.6 Å². The van der Waals surface area contributed by atoms with Gasteiger partial charge in [-0.3, -0.25) is 19.8 Å². The molecule has 1 unspecified atom stereocenters. The van der Waals surface area contributed by atoms with Crippen LogP contribution in [0.4, 0.5) is 17.1 Å². The molecular formula is C37H44N6O7S3. The number of thioether (sulfide) groups is 1. The van der Waals surface area contributed by atoms with E-state index in [2.05, 4.69) is 19.8 Å². The maximum Gasteiger partial charge on any atom is 0.293 e. The predicted molar refractivity (Wildman–Crippen MR) is 209 cm³/mol. The van der Waals surface area contributed by atoms with E-state index >= 15 is 0 Å². The molecule has 53 heavy (non-hydrogen) atoms. The third-order valence-corrected chi connectivity index (χ3v) is 12.4. The van der Waals surface area contributed by atoms with Crippen molar-refractivity contribution in [2.24, 2.45) is 0 Å². The van der Waals surface area contributed by atoms with Crippen molar-refractivity contribution in [1.29, 1.82) is 0 Å². The fraction of sp³-hybridized carbons (Fsp3) is 0.324. The van der Waals surface area contributed by atoms with Crippen molar-refractivity contribution in [2.75, 3.05) is 69.0 Å². The standard InChI is InChI=1S/C37H44N6O7S3/c1-40(2)20-19-30(27-51-32-7-5-4-6-8-32)38-35-18-17-34(25-36(35)43(45)46)53(49,50)39-37(44)29-11-13-31(14-12-29)42-23-21-41(22-24-42)26-28-9-15-33(16-10-28)52(3,47)48/h4-18,25,30,38H,19-24,26-27H2,1-3H3,(H,39,44). The van der Waals surface area contributed by atoms with Gasteiger partial charge in [0.1, 0.15) is 5.69 Å². The Balaban J connectivity index is 1.19. The van der Waals surface area contributed by atoms with Crippen LogP contribution in [-0.2, 0) is 26.4 Å². The van der Waals surface area contributed by atoms with E-state index in [1.54, 1.807) is 48.2 Å². The molecule has 0 saturated carbocycles. The number of anilines is 2. The molecule has 0 bridgehead atoms.